The van der Waals surface area contributed by atoms with E-state index in [0.717, 1.165) is 17.3 Å². The minimum atomic E-state index is -3.81. The smallest absolute Gasteiger partial charge is 0.262 e. The normalized spacial score (nSPS) is 11.2. The maximum atomic E-state index is 13.2. The van der Waals surface area contributed by atoms with Crippen molar-refractivity contribution < 1.29 is 17.2 Å². The Morgan fingerprint density at radius 2 is 1.41 bits per heavy atom. The minimum absolute atomic E-state index is 0.0300. The van der Waals surface area contributed by atoms with E-state index in [9.17, 15) is 17.2 Å². The van der Waals surface area contributed by atoms with E-state index in [1.807, 2.05) is 0 Å². The molecule has 27 heavy (non-hydrogen) atoms. The molecule has 7 heteroatoms. The molecule has 0 bridgehead atoms. The van der Waals surface area contributed by atoms with Gasteiger partial charge >= 0.3 is 0 Å². The van der Waals surface area contributed by atoms with E-state index in [-0.39, 0.29) is 10.7 Å². The number of nitrogens with one attached hydrogen (secondary N) is 2. The number of halogens is 2. The first kappa shape index (κ1) is 18.8. The predicted molar refractivity (Wildman–Crippen MR) is 102 cm³/mol. The monoisotopic (exact) mass is 388 g/mol. The SMILES string of the molecule is Cc1cc(F)ccc1S(=O)(=O)Nc1ccc(NCc2ccc(F)cc2)cc1. The van der Waals surface area contributed by atoms with Gasteiger partial charge in [0.15, 0.2) is 0 Å². The van der Waals surface area contributed by atoms with Crippen molar-refractivity contribution in [3.63, 3.8) is 0 Å². The molecule has 0 atom stereocenters. The van der Waals surface area contributed by atoms with Gasteiger partial charge in [-0.3, -0.25) is 4.72 Å². The summed E-state index contributed by atoms with van der Waals surface area (Å²) in [5.41, 5.74) is 2.44. The molecule has 3 aromatic rings. The first-order chi connectivity index (χ1) is 12.8. The lowest BCUT2D eigenvalue weighted by molar-refractivity contribution is 0.598. The Hall–Kier alpha value is -2.93. The number of aryl methyl sites for hydroxylation is 1. The van der Waals surface area contributed by atoms with Crippen molar-refractivity contribution in [2.45, 2.75) is 18.4 Å². The molecule has 0 amide bonds. The molecule has 0 aromatic heterocycles. The van der Waals surface area contributed by atoms with Gasteiger partial charge in [0.05, 0.1) is 4.90 Å². The van der Waals surface area contributed by atoms with Gasteiger partial charge in [0.25, 0.3) is 10.0 Å². The summed E-state index contributed by atoms with van der Waals surface area (Å²) >= 11 is 0. The van der Waals surface area contributed by atoms with Crippen molar-refractivity contribution >= 4 is 21.4 Å². The molecule has 0 aliphatic rings. The Balaban J connectivity index is 1.67. The van der Waals surface area contributed by atoms with Crippen LogP contribution in [0.3, 0.4) is 0 Å². The molecule has 3 aromatic carbocycles. The summed E-state index contributed by atoms with van der Waals surface area (Å²) in [6, 6.07) is 16.4. The summed E-state index contributed by atoms with van der Waals surface area (Å²) in [6.45, 7) is 2.06. The lowest BCUT2D eigenvalue weighted by Crippen LogP contribution is -2.14. The van der Waals surface area contributed by atoms with Crippen LogP contribution >= 0.6 is 0 Å². The Morgan fingerprint density at radius 1 is 0.815 bits per heavy atom. The Labute approximate surface area is 156 Å². The van der Waals surface area contributed by atoms with Gasteiger partial charge in [0.1, 0.15) is 11.6 Å². The highest BCUT2D eigenvalue weighted by Crippen LogP contribution is 2.21. The summed E-state index contributed by atoms with van der Waals surface area (Å²) in [5.74, 6) is -0.769. The Morgan fingerprint density at radius 3 is 2.04 bits per heavy atom. The average Bonchev–Trinajstić information content (AvgIpc) is 2.62. The van der Waals surface area contributed by atoms with Crippen LogP contribution in [-0.4, -0.2) is 8.42 Å². The highest BCUT2D eigenvalue weighted by Gasteiger charge is 2.17. The van der Waals surface area contributed by atoms with Gasteiger partial charge in [-0.05, 0) is 72.6 Å². The third kappa shape index (κ3) is 4.83. The quantitative estimate of drug-likeness (QED) is 0.644. The van der Waals surface area contributed by atoms with Crippen LogP contribution in [0.2, 0.25) is 0 Å². The van der Waals surface area contributed by atoms with Crippen molar-refractivity contribution in [1.29, 1.82) is 0 Å². The molecular weight excluding hydrogens is 370 g/mol. The molecule has 3 rings (SSSR count). The fraction of sp³-hybridized carbons (Fsp3) is 0.100. The molecule has 0 unspecified atom stereocenters. The molecule has 140 valence electrons. The number of hydrogen-bond acceptors (Lipinski definition) is 3. The molecule has 4 nitrogen and oxygen atoms in total. The molecule has 0 saturated carbocycles. The van der Waals surface area contributed by atoms with Crippen LogP contribution in [0.1, 0.15) is 11.1 Å². The molecule has 0 fully saturated rings. The van der Waals surface area contributed by atoms with E-state index >= 15 is 0 Å². The summed E-state index contributed by atoms with van der Waals surface area (Å²) in [7, 11) is -3.81. The van der Waals surface area contributed by atoms with Gasteiger partial charge in [-0.25, -0.2) is 17.2 Å². The number of hydrogen-bond donors (Lipinski definition) is 2. The van der Waals surface area contributed by atoms with E-state index in [1.165, 1.54) is 24.3 Å². The summed E-state index contributed by atoms with van der Waals surface area (Å²) < 4.78 is 53.5. The number of rotatable bonds is 6. The van der Waals surface area contributed by atoms with Gasteiger partial charge in [0.2, 0.25) is 0 Å². The average molecular weight is 388 g/mol. The van der Waals surface area contributed by atoms with E-state index in [0.29, 0.717) is 17.8 Å². The van der Waals surface area contributed by atoms with Crippen LogP contribution in [0, 0.1) is 18.6 Å². The molecule has 2 N–H and O–H groups in total. The van der Waals surface area contributed by atoms with E-state index in [4.69, 9.17) is 0 Å². The highest BCUT2D eigenvalue weighted by molar-refractivity contribution is 7.92. The zero-order chi connectivity index (χ0) is 19.4. The van der Waals surface area contributed by atoms with Crippen molar-refractivity contribution in [2.75, 3.05) is 10.0 Å². The van der Waals surface area contributed by atoms with Gasteiger partial charge in [-0.1, -0.05) is 12.1 Å². The van der Waals surface area contributed by atoms with Gasteiger partial charge in [0, 0.05) is 17.9 Å². The van der Waals surface area contributed by atoms with Crippen LogP contribution in [0.4, 0.5) is 20.2 Å². The summed E-state index contributed by atoms with van der Waals surface area (Å²) in [5, 5.41) is 3.18. The third-order valence-electron chi connectivity index (χ3n) is 3.97. The van der Waals surface area contributed by atoms with E-state index < -0.39 is 15.8 Å². The molecule has 0 heterocycles. The zero-order valence-electron chi connectivity index (χ0n) is 14.5. The van der Waals surface area contributed by atoms with Crippen LogP contribution < -0.4 is 10.0 Å². The first-order valence-electron chi connectivity index (χ1n) is 8.21. The fourth-order valence-corrected chi connectivity index (χ4v) is 3.87. The number of benzene rings is 3. The second-order valence-electron chi connectivity index (χ2n) is 6.07. The van der Waals surface area contributed by atoms with E-state index in [2.05, 4.69) is 10.0 Å². The third-order valence-corrected chi connectivity index (χ3v) is 5.52. The second-order valence-corrected chi connectivity index (χ2v) is 7.72. The van der Waals surface area contributed by atoms with Gasteiger partial charge in [-0.2, -0.15) is 0 Å². The maximum Gasteiger partial charge on any atom is 0.262 e. The Bertz CT molecular complexity index is 1030. The van der Waals surface area contributed by atoms with Crippen LogP contribution in [-0.2, 0) is 16.6 Å². The molecule has 0 aliphatic heterocycles. The molecule has 0 spiro atoms. The predicted octanol–water partition coefficient (Wildman–Crippen LogP) is 4.69. The fourth-order valence-electron chi connectivity index (χ4n) is 2.59. The van der Waals surface area contributed by atoms with Gasteiger partial charge in [-0.15, -0.1) is 0 Å². The molecule has 0 saturated heterocycles. The Kier molecular flexibility index (Phi) is 5.41. The summed E-state index contributed by atoms with van der Waals surface area (Å²) in [6.07, 6.45) is 0. The lowest BCUT2D eigenvalue weighted by Gasteiger charge is -2.12. The first-order valence-corrected chi connectivity index (χ1v) is 9.69. The second kappa shape index (κ2) is 7.75. The van der Waals surface area contributed by atoms with Gasteiger partial charge < -0.3 is 5.32 Å². The standard InChI is InChI=1S/C20H18F2N2O2S/c1-14-12-17(22)6-11-20(14)27(25,26)24-19-9-7-18(8-10-19)23-13-15-2-4-16(21)5-3-15/h2-12,23-24H,13H2,1H3. The van der Waals surface area contributed by atoms with Crippen molar-refractivity contribution in [3.05, 3.63) is 89.5 Å². The zero-order valence-corrected chi connectivity index (χ0v) is 15.4. The van der Waals surface area contributed by atoms with Crippen molar-refractivity contribution in [3.8, 4) is 0 Å². The van der Waals surface area contributed by atoms with Crippen molar-refractivity contribution in [2.24, 2.45) is 0 Å². The van der Waals surface area contributed by atoms with Crippen LogP contribution in [0.25, 0.3) is 0 Å². The maximum absolute atomic E-state index is 13.2. The minimum Gasteiger partial charge on any atom is -0.381 e. The molecule has 0 aliphatic carbocycles. The van der Waals surface area contributed by atoms with Crippen LogP contribution in [0.15, 0.2) is 71.6 Å². The summed E-state index contributed by atoms with van der Waals surface area (Å²) in [4.78, 5) is 0.0300. The molecule has 0 radical (unpaired) electrons. The largest absolute Gasteiger partial charge is 0.381 e. The van der Waals surface area contributed by atoms with Crippen LogP contribution in [0.5, 0.6) is 0 Å². The highest BCUT2D eigenvalue weighted by atomic mass is 32.2. The molecular formula is C20H18F2N2O2S. The number of sulfonamides is 1. The van der Waals surface area contributed by atoms with Crippen molar-refractivity contribution in [1.82, 2.24) is 0 Å². The topological polar surface area (TPSA) is 58.2 Å². The van der Waals surface area contributed by atoms with E-state index in [1.54, 1.807) is 43.3 Å². The number of anilines is 2. The lowest BCUT2D eigenvalue weighted by atomic mass is 10.2.